The molecule has 5 nitrogen and oxygen atoms in total. The monoisotopic (exact) mass is 308 g/mol. The molecule has 1 aromatic heterocycles. The number of carbonyl (C=O) groups excluding carboxylic acids is 1. The van der Waals surface area contributed by atoms with Gasteiger partial charge in [0, 0.05) is 23.7 Å². The van der Waals surface area contributed by atoms with Gasteiger partial charge < -0.3 is 5.73 Å². The Morgan fingerprint density at radius 3 is 2.81 bits per heavy atom. The summed E-state index contributed by atoms with van der Waals surface area (Å²) in [5, 5.41) is 4.68. The molecular weight excluding hydrogens is 295 g/mol. The molecule has 0 saturated carbocycles. The zero-order valence-electron chi connectivity index (χ0n) is 11.4. The Morgan fingerprint density at radius 1 is 1.38 bits per heavy atom. The van der Waals surface area contributed by atoms with Gasteiger partial charge in [-0.1, -0.05) is 11.6 Å². The highest BCUT2D eigenvalue weighted by molar-refractivity contribution is 6.30. The largest absolute Gasteiger partial charge is 0.365 e. The predicted octanol–water partition coefficient (Wildman–Crippen LogP) is 1.89. The average Bonchev–Trinajstić information content (AvgIpc) is 2.76. The van der Waals surface area contributed by atoms with Crippen LogP contribution in [0.25, 0.3) is 11.3 Å². The topological polar surface area (TPSA) is 64.2 Å². The summed E-state index contributed by atoms with van der Waals surface area (Å²) in [6.07, 6.45) is 0. The van der Waals surface area contributed by atoms with E-state index in [9.17, 15) is 9.18 Å². The van der Waals surface area contributed by atoms with Crippen molar-refractivity contribution < 1.29 is 9.18 Å². The van der Waals surface area contributed by atoms with E-state index in [4.69, 9.17) is 17.3 Å². The maximum absolute atomic E-state index is 13.5. The highest BCUT2D eigenvalue weighted by Crippen LogP contribution is 2.30. The number of benzene rings is 1. The van der Waals surface area contributed by atoms with Crippen molar-refractivity contribution in [2.45, 2.75) is 13.1 Å². The van der Waals surface area contributed by atoms with E-state index >= 15 is 0 Å². The molecule has 3 rings (SSSR count). The Balaban J connectivity index is 2.21. The molecule has 2 aromatic rings. The van der Waals surface area contributed by atoms with E-state index in [1.54, 1.807) is 10.7 Å². The Kier molecular flexibility index (Phi) is 3.43. The van der Waals surface area contributed by atoms with Crippen LogP contribution in [0, 0.1) is 5.82 Å². The summed E-state index contributed by atoms with van der Waals surface area (Å²) in [4.78, 5) is 13.9. The molecule has 0 radical (unpaired) electrons. The van der Waals surface area contributed by atoms with Crippen molar-refractivity contribution in [3.8, 4) is 11.3 Å². The number of primary amides is 1. The van der Waals surface area contributed by atoms with Gasteiger partial charge in [0.1, 0.15) is 11.5 Å². The second-order valence-corrected chi connectivity index (χ2v) is 5.59. The zero-order valence-corrected chi connectivity index (χ0v) is 12.2. The van der Waals surface area contributed by atoms with Gasteiger partial charge in [0.15, 0.2) is 0 Å². The minimum atomic E-state index is -0.568. The fourth-order valence-corrected chi connectivity index (χ4v) is 2.82. The number of likely N-dealkylation sites (N-methyl/N-ethyl adjacent to an activating group) is 1. The number of nitrogens with zero attached hydrogens (tertiary/aromatic N) is 3. The number of nitrogens with two attached hydrogens (primary N) is 1. The number of fused-ring (bicyclic) bond motifs is 1. The molecular formula is C14H14ClFN4O. The van der Waals surface area contributed by atoms with Crippen LogP contribution in [0.1, 0.15) is 16.1 Å². The molecule has 0 unspecified atom stereocenters. The van der Waals surface area contributed by atoms with Crippen LogP contribution < -0.4 is 5.73 Å². The van der Waals surface area contributed by atoms with E-state index in [-0.39, 0.29) is 5.02 Å². The van der Waals surface area contributed by atoms with Gasteiger partial charge in [-0.2, -0.15) is 5.10 Å². The molecule has 0 fully saturated rings. The molecule has 21 heavy (non-hydrogen) atoms. The summed E-state index contributed by atoms with van der Waals surface area (Å²) in [7, 11) is 1.96. The van der Waals surface area contributed by atoms with Crippen LogP contribution >= 0.6 is 11.6 Å². The lowest BCUT2D eigenvalue weighted by molar-refractivity contribution is 0.0998. The minimum Gasteiger partial charge on any atom is -0.365 e. The number of amides is 1. The van der Waals surface area contributed by atoms with Crippen LogP contribution in [-0.2, 0) is 13.1 Å². The van der Waals surface area contributed by atoms with E-state index < -0.39 is 11.7 Å². The third-order valence-corrected chi connectivity index (χ3v) is 3.77. The van der Waals surface area contributed by atoms with Crippen molar-refractivity contribution >= 4 is 17.5 Å². The van der Waals surface area contributed by atoms with E-state index in [0.717, 1.165) is 12.2 Å². The minimum absolute atomic E-state index is 0.253. The van der Waals surface area contributed by atoms with Gasteiger partial charge in [0.2, 0.25) is 0 Å². The molecule has 0 spiro atoms. The summed E-state index contributed by atoms with van der Waals surface area (Å²) in [6, 6.07) is 4.09. The van der Waals surface area contributed by atoms with E-state index in [1.165, 1.54) is 12.1 Å². The smallest absolute Gasteiger partial charge is 0.252 e. The van der Waals surface area contributed by atoms with Crippen LogP contribution in [-0.4, -0.2) is 34.2 Å². The van der Waals surface area contributed by atoms with Crippen molar-refractivity contribution in [2.24, 2.45) is 5.73 Å². The number of hydrogen-bond donors (Lipinski definition) is 1. The second kappa shape index (κ2) is 5.13. The van der Waals surface area contributed by atoms with Gasteiger partial charge in [-0.05, 0) is 25.2 Å². The zero-order chi connectivity index (χ0) is 15.1. The van der Waals surface area contributed by atoms with Gasteiger partial charge in [0.05, 0.1) is 17.8 Å². The maximum Gasteiger partial charge on any atom is 0.252 e. The van der Waals surface area contributed by atoms with Crippen LogP contribution in [0.15, 0.2) is 18.2 Å². The van der Waals surface area contributed by atoms with Crippen molar-refractivity contribution in [3.63, 3.8) is 0 Å². The van der Waals surface area contributed by atoms with Crippen LogP contribution in [0.5, 0.6) is 0 Å². The number of carbonyl (C=O) groups is 1. The van der Waals surface area contributed by atoms with Gasteiger partial charge >= 0.3 is 0 Å². The van der Waals surface area contributed by atoms with Crippen LogP contribution in [0.4, 0.5) is 4.39 Å². The SMILES string of the molecule is CN1CCn2nc(-c3cc(F)cc(Cl)c3)c(C(N)=O)c2C1. The highest BCUT2D eigenvalue weighted by atomic mass is 35.5. The van der Waals surface area contributed by atoms with Gasteiger partial charge in [0.25, 0.3) is 5.91 Å². The fourth-order valence-electron chi connectivity index (χ4n) is 2.59. The average molecular weight is 309 g/mol. The molecule has 0 saturated heterocycles. The summed E-state index contributed by atoms with van der Waals surface area (Å²) in [5.74, 6) is -1.04. The van der Waals surface area contributed by atoms with Gasteiger partial charge in [-0.25, -0.2) is 4.39 Å². The first-order chi connectivity index (χ1) is 9.95. The molecule has 0 aliphatic carbocycles. The Hall–Kier alpha value is -1.92. The van der Waals surface area contributed by atoms with E-state index in [1.807, 2.05) is 7.05 Å². The number of aromatic nitrogens is 2. The van der Waals surface area contributed by atoms with Crippen molar-refractivity contribution in [1.29, 1.82) is 0 Å². The fraction of sp³-hybridized carbons (Fsp3) is 0.286. The number of rotatable bonds is 2. The molecule has 1 aromatic carbocycles. The lowest BCUT2D eigenvalue weighted by atomic mass is 10.0. The Labute approximate surface area is 126 Å². The Bertz CT molecular complexity index is 708. The molecule has 110 valence electrons. The second-order valence-electron chi connectivity index (χ2n) is 5.15. The lowest BCUT2D eigenvalue weighted by Crippen LogP contribution is -2.32. The third-order valence-electron chi connectivity index (χ3n) is 3.55. The van der Waals surface area contributed by atoms with Crippen molar-refractivity contribution in [3.05, 3.63) is 40.3 Å². The van der Waals surface area contributed by atoms with Crippen molar-refractivity contribution in [2.75, 3.05) is 13.6 Å². The molecule has 1 aliphatic rings. The molecule has 1 amide bonds. The maximum atomic E-state index is 13.5. The third kappa shape index (κ3) is 2.52. The molecule has 2 N–H and O–H groups in total. The summed E-state index contributed by atoms with van der Waals surface area (Å²) < 4.78 is 15.3. The van der Waals surface area contributed by atoms with E-state index in [0.29, 0.717) is 29.9 Å². The highest BCUT2D eigenvalue weighted by Gasteiger charge is 2.26. The van der Waals surface area contributed by atoms with Gasteiger partial charge in [-0.3, -0.25) is 14.4 Å². The summed E-state index contributed by atoms with van der Waals surface area (Å²) in [6.45, 7) is 2.07. The standard InChI is InChI=1S/C14H14ClFN4O/c1-19-2-3-20-11(7-19)12(14(17)21)13(18-20)8-4-9(15)6-10(16)5-8/h4-6H,2-3,7H2,1H3,(H2,17,21). The predicted molar refractivity (Wildman–Crippen MR) is 77.5 cm³/mol. The quantitative estimate of drug-likeness (QED) is 0.921. The molecule has 1 aliphatic heterocycles. The molecule has 0 bridgehead atoms. The molecule has 2 heterocycles. The first kappa shape index (κ1) is 14.0. The molecule has 0 atom stereocenters. The lowest BCUT2D eigenvalue weighted by Gasteiger charge is -2.23. The van der Waals surface area contributed by atoms with Crippen LogP contribution in [0.3, 0.4) is 0 Å². The van der Waals surface area contributed by atoms with Crippen molar-refractivity contribution in [1.82, 2.24) is 14.7 Å². The first-order valence-electron chi connectivity index (χ1n) is 6.50. The van der Waals surface area contributed by atoms with E-state index in [2.05, 4.69) is 10.00 Å². The normalized spacial score (nSPS) is 15.0. The summed E-state index contributed by atoms with van der Waals surface area (Å²) >= 11 is 5.88. The first-order valence-corrected chi connectivity index (χ1v) is 6.88. The summed E-state index contributed by atoms with van der Waals surface area (Å²) in [5.41, 5.74) is 7.44. The Morgan fingerprint density at radius 2 is 2.14 bits per heavy atom. The number of hydrogen-bond acceptors (Lipinski definition) is 3. The molecule has 7 heteroatoms. The number of halogens is 2. The van der Waals surface area contributed by atoms with Crippen LogP contribution in [0.2, 0.25) is 5.02 Å². The van der Waals surface area contributed by atoms with Gasteiger partial charge in [-0.15, -0.1) is 0 Å².